The fourth-order valence-corrected chi connectivity index (χ4v) is 2.94. The third-order valence-corrected chi connectivity index (χ3v) is 4.08. The number of carbonyl (C=O) groups excluding carboxylic acids is 2. The summed E-state index contributed by atoms with van der Waals surface area (Å²) in [4.78, 5) is 27.4. The lowest BCUT2D eigenvalue weighted by molar-refractivity contribution is -0.119. The van der Waals surface area contributed by atoms with Crippen molar-refractivity contribution in [1.82, 2.24) is 0 Å². The number of aldehydes is 1. The molecule has 22 heavy (non-hydrogen) atoms. The van der Waals surface area contributed by atoms with E-state index in [0.29, 0.717) is 0 Å². The van der Waals surface area contributed by atoms with Crippen LogP contribution >= 0.6 is 0 Å². The second-order valence-electron chi connectivity index (χ2n) is 5.47. The zero-order chi connectivity index (χ0) is 15.6. The minimum absolute atomic E-state index is 0.0682. The van der Waals surface area contributed by atoms with E-state index < -0.39 is 17.4 Å². The number of allylic oxidation sites excluding steroid dienone is 1. The van der Waals surface area contributed by atoms with Crippen LogP contribution in [0.3, 0.4) is 0 Å². The van der Waals surface area contributed by atoms with Crippen molar-refractivity contribution in [2.75, 3.05) is 0 Å². The van der Waals surface area contributed by atoms with E-state index in [1.807, 2.05) is 42.5 Å². The zero-order valence-corrected chi connectivity index (χ0v) is 12.0. The van der Waals surface area contributed by atoms with Gasteiger partial charge in [-0.15, -0.1) is 0 Å². The first kappa shape index (κ1) is 14.2. The van der Waals surface area contributed by atoms with Crippen LogP contribution in [0.5, 0.6) is 0 Å². The molecule has 2 aromatic carbocycles. The molecular weight excluding hydrogens is 276 g/mol. The highest BCUT2D eigenvalue weighted by Gasteiger charge is 2.39. The van der Waals surface area contributed by atoms with Gasteiger partial charge in [0.2, 0.25) is 5.91 Å². The number of hydrogen-bond donors (Lipinski definition) is 1. The minimum Gasteiger partial charge on any atom is -0.370 e. The number of amides is 1. The van der Waals surface area contributed by atoms with Crippen LogP contribution in [0.1, 0.15) is 17.9 Å². The Hall–Kier alpha value is -2.75. The highest BCUT2D eigenvalue weighted by Crippen LogP contribution is 2.37. The summed E-state index contributed by atoms with van der Waals surface area (Å²) in [5.74, 6) is -0.850. The molecule has 1 aliphatic heterocycles. The second kappa shape index (κ2) is 5.56. The van der Waals surface area contributed by atoms with E-state index in [9.17, 15) is 9.59 Å². The number of nitrogens with zero attached hydrogens (tertiary/aromatic N) is 1. The molecule has 1 amide bonds. The van der Waals surface area contributed by atoms with E-state index in [1.165, 1.54) is 0 Å². The van der Waals surface area contributed by atoms with Gasteiger partial charge in [-0.05, 0) is 28.5 Å². The van der Waals surface area contributed by atoms with E-state index in [0.717, 1.165) is 22.6 Å². The maximum absolute atomic E-state index is 11.7. The molecule has 0 bridgehead atoms. The van der Waals surface area contributed by atoms with Gasteiger partial charge in [-0.3, -0.25) is 9.79 Å². The number of nitrogens with two attached hydrogens (primary N) is 1. The first-order chi connectivity index (χ1) is 10.6. The molecule has 0 radical (unpaired) electrons. The minimum atomic E-state index is -1.04. The van der Waals surface area contributed by atoms with Gasteiger partial charge in [-0.25, -0.2) is 0 Å². The summed E-state index contributed by atoms with van der Waals surface area (Å²) in [6, 6.07) is 13.9. The van der Waals surface area contributed by atoms with Gasteiger partial charge in [0, 0.05) is 18.6 Å². The molecule has 2 unspecified atom stereocenters. The number of primary amides is 1. The summed E-state index contributed by atoms with van der Waals surface area (Å²) in [5.41, 5.74) is 5.23. The molecule has 0 fully saturated rings. The van der Waals surface area contributed by atoms with Gasteiger partial charge >= 0.3 is 0 Å². The molecule has 110 valence electrons. The van der Waals surface area contributed by atoms with E-state index in [1.54, 1.807) is 18.4 Å². The van der Waals surface area contributed by atoms with E-state index in [4.69, 9.17) is 5.73 Å². The third kappa shape index (κ3) is 2.44. The van der Waals surface area contributed by atoms with Crippen molar-refractivity contribution in [3.63, 3.8) is 0 Å². The van der Waals surface area contributed by atoms with Crippen LogP contribution in [0.2, 0.25) is 0 Å². The summed E-state index contributed by atoms with van der Waals surface area (Å²) < 4.78 is 0. The molecule has 2 atom stereocenters. The Morgan fingerprint density at radius 2 is 2.00 bits per heavy atom. The predicted octanol–water partition coefficient (Wildman–Crippen LogP) is 2.38. The van der Waals surface area contributed by atoms with Crippen molar-refractivity contribution < 1.29 is 9.59 Å². The highest BCUT2D eigenvalue weighted by molar-refractivity contribution is 5.88. The van der Waals surface area contributed by atoms with Crippen LogP contribution in [0.15, 0.2) is 59.6 Å². The summed E-state index contributed by atoms with van der Waals surface area (Å²) in [6.45, 7) is 0. The van der Waals surface area contributed by atoms with Crippen molar-refractivity contribution in [2.24, 2.45) is 10.7 Å². The van der Waals surface area contributed by atoms with Gasteiger partial charge in [0.15, 0.2) is 6.29 Å². The standard InChI is InChI=1S/C18H16N2O2/c19-17(22)11-16(18(12-21)8-3-9-20-18)15-7-6-13-4-1-2-5-14(13)10-15/h1-10,12,16H,11H2,(H2,19,22). The van der Waals surface area contributed by atoms with Gasteiger partial charge in [0.25, 0.3) is 0 Å². The lowest BCUT2D eigenvalue weighted by Crippen LogP contribution is -2.35. The van der Waals surface area contributed by atoms with Crippen LogP contribution in [-0.2, 0) is 9.59 Å². The summed E-state index contributed by atoms with van der Waals surface area (Å²) >= 11 is 0. The number of rotatable bonds is 5. The zero-order valence-electron chi connectivity index (χ0n) is 12.0. The third-order valence-electron chi connectivity index (χ3n) is 4.08. The molecule has 0 saturated heterocycles. The average Bonchev–Trinajstić information content (AvgIpc) is 3.02. The van der Waals surface area contributed by atoms with Crippen molar-refractivity contribution >= 4 is 29.2 Å². The fraction of sp³-hybridized carbons (Fsp3) is 0.167. The molecular formula is C18H16N2O2. The molecule has 2 aromatic rings. The smallest absolute Gasteiger partial charge is 0.218 e. The number of fused-ring (bicyclic) bond motifs is 1. The molecule has 4 heteroatoms. The molecule has 2 N–H and O–H groups in total. The summed E-state index contributed by atoms with van der Waals surface area (Å²) in [7, 11) is 0. The maximum Gasteiger partial charge on any atom is 0.218 e. The molecule has 0 aliphatic carbocycles. The first-order valence-electron chi connectivity index (χ1n) is 7.11. The maximum atomic E-state index is 11.7. The van der Waals surface area contributed by atoms with Gasteiger partial charge in [0.1, 0.15) is 5.54 Å². The van der Waals surface area contributed by atoms with Gasteiger partial charge in [-0.2, -0.15) is 0 Å². The number of hydrogen-bond acceptors (Lipinski definition) is 3. The Kier molecular flexibility index (Phi) is 3.59. The first-order valence-corrected chi connectivity index (χ1v) is 7.11. The second-order valence-corrected chi connectivity index (χ2v) is 5.47. The van der Waals surface area contributed by atoms with E-state index in [-0.39, 0.29) is 6.42 Å². The molecule has 1 aliphatic rings. The fourth-order valence-electron chi connectivity index (χ4n) is 2.94. The van der Waals surface area contributed by atoms with E-state index >= 15 is 0 Å². The monoisotopic (exact) mass is 292 g/mol. The van der Waals surface area contributed by atoms with Crippen molar-refractivity contribution in [3.05, 3.63) is 60.2 Å². The molecule has 4 nitrogen and oxygen atoms in total. The molecule has 0 saturated carbocycles. The largest absolute Gasteiger partial charge is 0.370 e. The Balaban J connectivity index is 2.11. The SMILES string of the molecule is NC(=O)CC(c1ccc2ccccc2c1)C1(C=O)C=CC=N1. The summed E-state index contributed by atoms with van der Waals surface area (Å²) in [5, 5.41) is 2.16. The Labute approximate surface area is 128 Å². The van der Waals surface area contributed by atoms with Gasteiger partial charge < -0.3 is 10.5 Å². The number of carbonyl (C=O) groups is 2. The van der Waals surface area contributed by atoms with Crippen molar-refractivity contribution in [2.45, 2.75) is 17.9 Å². The van der Waals surface area contributed by atoms with Crippen LogP contribution in [0, 0.1) is 0 Å². The van der Waals surface area contributed by atoms with Crippen LogP contribution in [-0.4, -0.2) is 23.9 Å². The lowest BCUT2D eigenvalue weighted by Gasteiger charge is -2.28. The normalized spacial score (nSPS) is 21.1. The van der Waals surface area contributed by atoms with Gasteiger partial charge in [-0.1, -0.05) is 42.5 Å². The molecule has 1 heterocycles. The molecule has 0 spiro atoms. The number of aliphatic imine (C=N–C) groups is 1. The highest BCUT2D eigenvalue weighted by atomic mass is 16.1. The Morgan fingerprint density at radius 3 is 2.64 bits per heavy atom. The Bertz CT molecular complexity index is 781. The van der Waals surface area contributed by atoms with Crippen molar-refractivity contribution in [3.8, 4) is 0 Å². The quantitative estimate of drug-likeness (QED) is 0.859. The Morgan fingerprint density at radius 1 is 1.23 bits per heavy atom. The molecule has 0 aromatic heterocycles. The average molecular weight is 292 g/mol. The van der Waals surface area contributed by atoms with Crippen LogP contribution in [0.25, 0.3) is 10.8 Å². The lowest BCUT2D eigenvalue weighted by atomic mass is 9.78. The van der Waals surface area contributed by atoms with Gasteiger partial charge in [0.05, 0.1) is 0 Å². The number of benzene rings is 2. The van der Waals surface area contributed by atoms with Crippen LogP contribution in [0.4, 0.5) is 0 Å². The summed E-state index contributed by atoms with van der Waals surface area (Å²) in [6.07, 6.45) is 5.89. The van der Waals surface area contributed by atoms with E-state index in [2.05, 4.69) is 4.99 Å². The predicted molar refractivity (Wildman–Crippen MR) is 86.9 cm³/mol. The topological polar surface area (TPSA) is 72.5 Å². The molecule has 3 rings (SSSR count). The van der Waals surface area contributed by atoms with Crippen LogP contribution < -0.4 is 5.73 Å². The van der Waals surface area contributed by atoms with Crippen molar-refractivity contribution in [1.29, 1.82) is 0 Å².